The number of nitrogens with zero attached hydrogens (tertiary/aromatic N) is 1. The summed E-state index contributed by atoms with van der Waals surface area (Å²) in [7, 11) is 1.95. The lowest BCUT2D eigenvalue weighted by molar-refractivity contribution is -0.131. The first kappa shape index (κ1) is 16.0. The predicted octanol–water partition coefficient (Wildman–Crippen LogP) is 1.79. The van der Waals surface area contributed by atoms with Crippen LogP contribution in [0, 0.1) is 5.92 Å². The number of nitrogens with one attached hydrogen (secondary N) is 2. The Morgan fingerprint density at radius 3 is 2.57 bits per heavy atom. The van der Waals surface area contributed by atoms with Gasteiger partial charge in [-0.3, -0.25) is 9.59 Å². The fraction of sp³-hybridized carbons (Fsp3) is 0.556. The minimum absolute atomic E-state index is 0.111. The molecule has 0 spiro atoms. The van der Waals surface area contributed by atoms with E-state index in [-0.39, 0.29) is 17.7 Å². The molecule has 124 valence electrons. The summed E-state index contributed by atoms with van der Waals surface area (Å²) in [6, 6.07) is 8.04. The van der Waals surface area contributed by atoms with E-state index in [2.05, 4.69) is 10.6 Å². The number of likely N-dealkylation sites (tertiary alicyclic amines) is 1. The zero-order valence-electron chi connectivity index (χ0n) is 13.7. The molecule has 0 aromatic heterocycles. The molecule has 2 N–H and O–H groups in total. The van der Waals surface area contributed by atoms with Gasteiger partial charge >= 0.3 is 0 Å². The smallest absolute Gasteiger partial charge is 0.227 e. The van der Waals surface area contributed by atoms with Crippen LogP contribution in [0.5, 0.6) is 0 Å². The molecule has 1 unspecified atom stereocenters. The zero-order chi connectivity index (χ0) is 16.2. The van der Waals surface area contributed by atoms with Crippen LogP contribution in [0.3, 0.4) is 0 Å². The molecular weight excluding hydrogens is 290 g/mol. The van der Waals surface area contributed by atoms with Gasteiger partial charge in [0.2, 0.25) is 11.8 Å². The monoisotopic (exact) mass is 315 g/mol. The first-order valence-corrected chi connectivity index (χ1v) is 8.50. The average Bonchev–Trinajstić information content (AvgIpc) is 3.41. The Kier molecular flexibility index (Phi) is 4.96. The predicted molar refractivity (Wildman–Crippen MR) is 90.2 cm³/mol. The van der Waals surface area contributed by atoms with Crippen molar-refractivity contribution in [2.45, 2.75) is 38.1 Å². The number of likely N-dealkylation sites (N-methyl/N-ethyl adjacent to an activating group) is 1. The van der Waals surface area contributed by atoms with Crippen molar-refractivity contribution >= 4 is 17.5 Å². The zero-order valence-corrected chi connectivity index (χ0v) is 13.7. The second-order valence-electron chi connectivity index (χ2n) is 6.60. The normalized spacial score (nSPS) is 21.1. The number of amides is 2. The first-order chi connectivity index (χ1) is 11.2. The Labute approximate surface area is 137 Å². The summed E-state index contributed by atoms with van der Waals surface area (Å²) >= 11 is 0. The van der Waals surface area contributed by atoms with Gasteiger partial charge in [0, 0.05) is 30.7 Å². The van der Waals surface area contributed by atoms with Gasteiger partial charge in [0.05, 0.1) is 6.42 Å². The van der Waals surface area contributed by atoms with Gasteiger partial charge in [-0.15, -0.1) is 0 Å². The quantitative estimate of drug-likeness (QED) is 0.871. The molecule has 2 aliphatic rings. The number of anilines is 1. The van der Waals surface area contributed by atoms with Crippen LogP contribution in [0.2, 0.25) is 0 Å². The molecule has 1 saturated heterocycles. The van der Waals surface area contributed by atoms with E-state index in [9.17, 15) is 9.59 Å². The Bertz CT molecular complexity index is 566. The molecule has 1 atom stereocenters. The van der Waals surface area contributed by atoms with Crippen molar-refractivity contribution in [1.82, 2.24) is 10.2 Å². The van der Waals surface area contributed by atoms with Gasteiger partial charge in [-0.1, -0.05) is 12.1 Å². The minimum atomic E-state index is 0.111. The van der Waals surface area contributed by atoms with Crippen LogP contribution in [0.4, 0.5) is 5.69 Å². The van der Waals surface area contributed by atoms with E-state index in [1.807, 2.05) is 36.2 Å². The van der Waals surface area contributed by atoms with Gasteiger partial charge in [-0.05, 0) is 50.4 Å². The minimum Gasteiger partial charge on any atom is -0.341 e. The van der Waals surface area contributed by atoms with Crippen molar-refractivity contribution in [2.75, 3.05) is 25.5 Å². The highest BCUT2D eigenvalue weighted by Crippen LogP contribution is 2.30. The number of benzene rings is 1. The fourth-order valence-corrected chi connectivity index (χ4v) is 3.02. The lowest BCUT2D eigenvalue weighted by Gasteiger charge is -2.32. The van der Waals surface area contributed by atoms with Crippen LogP contribution in [-0.2, 0) is 16.0 Å². The molecule has 1 aromatic carbocycles. The number of hydrogen-bond donors (Lipinski definition) is 2. The third-order valence-corrected chi connectivity index (χ3v) is 4.71. The molecular formula is C18H25N3O2. The van der Waals surface area contributed by atoms with Crippen LogP contribution in [-0.4, -0.2) is 42.9 Å². The number of piperidine rings is 1. The van der Waals surface area contributed by atoms with Crippen LogP contribution < -0.4 is 10.6 Å². The number of carbonyl (C=O) groups excluding carboxylic acids is 2. The van der Waals surface area contributed by atoms with Gasteiger partial charge in [-0.25, -0.2) is 0 Å². The van der Waals surface area contributed by atoms with Gasteiger partial charge < -0.3 is 15.5 Å². The third-order valence-electron chi connectivity index (χ3n) is 4.71. The van der Waals surface area contributed by atoms with Crippen molar-refractivity contribution < 1.29 is 9.59 Å². The highest BCUT2D eigenvalue weighted by Gasteiger charge is 2.29. The number of hydrogen-bond acceptors (Lipinski definition) is 3. The molecule has 1 aromatic rings. The third kappa shape index (κ3) is 4.32. The van der Waals surface area contributed by atoms with E-state index in [4.69, 9.17) is 0 Å². The summed E-state index contributed by atoms with van der Waals surface area (Å²) < 4.78 is 0. The number of rotatable bonds is 5. The summed E-state index contributed by atoms with van der Waals surface area (Å²) in [5, 5.41) is 6.18. The summed E-state index contributed by atoms with van der Waals surface area (Å²) in [5.41, 5.74) is 1.80. The molecule has 1 aliphatic heterocycles. The Morgan fingerprint density at radius 1 is 1.17 bits per heavy atom. The summed E-state index contributed by atoms with van der Waals surface area (Å²) in [6.07, 6.45) is 4.62. The van der Waals surface area contributed by atoms with Crippen LogP contribution in [0.15, 0.2) is 24.3 Å². The molecule has 0 radical (unpaired) electrons. The van der Waals surface area contributed by atoms with Gasteiger partial charge in [0.15, 0.2) is 0 Å². The van der Waals surface area contributed by atoms with Crippen molar-refractivity contribution in [3.8, 4) is 0 Å². The van der Waals surface area contributed by atoms with E-state index in [0.717, 1.165) is 50.0 Å². The molecule has 23 heavy (non-hydrogen) atoms. The maximum absolute atomic E-state index is 12.4. The second kappa shape index (κ2) is 7.13. The summed E-state index contributed by atoms with van der Waals surface area (Å²) in [5.74, 6) is 0.496. The first-order valence-electron chi connectivity index (χ1n) is 8.50. The van der Waals surface area contributed by atoms with E-state index in [1.165, 1.54) is 0 Å². The standard InChI is InChI=1S/C18H25N3O2/c1-19-16-3-2-10-21(12-16)17(22)11-13-4-8-15(9-5-13)20-18(23)14-6-7-14/h4-5,8-9,14,16,19H,2-3,6-7,10-12H2,1H3,(H,20,23). The van der Waals surface area contributed by atoms with E-state index in [1.54, 1.807) is 0 Å². The lowest BCUT2D eigenvalue weighted by atomic mass is 10.0. The van der Waals surface area contributed by atoms with E-state index >= 15 is 0 Å². The van der Waals surface area contributed by atoms with Crippen molar-refractivity contribution in [3.63, 3.8) is 0 Å². The molecule has 0 bridgehead atoms. The maximum atomic E-state index is 12.4. The maximum Gasteiger partial charge on any atom is 0.227 e. The topological polar surface area (TPSA) is 61.4 Å². The van der Waals surface area contributed by atoms with Gasteiger partial charge in [0.1, 0.15) is 0 Å². The lowest BCUT2D eigenvalue weighted by Crippen LogP contribution is -2.47. The van der Waals surface area contributed by atoms with Crippen molar-refractivity contribution in [1.29, 1.82) is 0 Å². The summed E-state index contributed by atoms with van der Waals surface area (Å²) in [6.45, 7) is 1.65. The second-order valence-corrected chi connectivity index (χ2v) is 6.60. The molecule has 1 heterocycles. The van der Waals surface area contributed by atoms with Crippen LogP contribution >= 0.6 is 0 Å². The Hall–Kier alpha value is -1.88. The molecule has 5 nitrogen and oxygen atoms in total. The Morgan fingerprint density at radius 2 is 1.91 bits per heavy atom. The SMILES string of the molecule is CNC1CCCN(C(=O)Cc2ccc(NC(=O)C3CC3)cc2)C1. The van der Waals surface area contributed by atoms with Crippen molar-refractivity contribution in [3.05, 3.63) is 29.8 Å². The molecule has 1 aliphatic carbocycles. The molecule has 1 saturated carbocycles. The molecule has 2 fully saturated rings. The Balaban J connectivity index is 1.52. The molecule has 5 heteroatoms. The van der Waals surface area contributed by atoms with E-state index in [0.29, 0.717) is 12.5 Å². The molecule has 3 rings (SSSR count). The molecule has 2 amide bonds. The van der Waals surface area contributed by atoms with Crippen LogP contribution in [0.25, 0.3) is 0 Å². The van der Waals surface area contributed by atoms with Gasteiger partial charge in [0.25, 0.3) is 0 Å². The highest BCUT2D eigenvalue weighted by atomic mass is 16.2. The van der Waals surface area contributed by atoms with Crippen LogP contribution in [0.1, 0.15) is 31.2 Å². The fourth-order valence-electron chi connectivity index (χ4n) is 3.02. The number of carbonyl (C=O) groups is 2. The van der Waals surface area contributed by atoms with Crippen molar-refractivity contribution in [2.24, 2.45) is 5.92 Å². The van der Waals surface area contributed by atoms with E-state index < -0.39 is 0 Å². The average molecular weight is 315 g/mol. The van der Waals surface area contributed by atoms with Gasteiger partial charge in [-0.2, -0.15) is 0 Å². The highest BCUT2D eigenvalue weighted by molar-refractivity contribution is 5.94. The summed E-state index contributed by atoms with van der Waals surface area (Å²) in [4.78, 5) is 26.1. The largest absolute Gasteiger partial charge is 0.341 e.